The summed E-state index contributed by atoms with van der Waals surface area (Å²) in [5, 5.41) is 17.3. The summed E-state index contributed by atoms with van der Waals surface area (Å²) in [5.41, 5.74) is 0. The molecule has 1 amide bonds. The molecule has 3 aromatic heterocycles. The minimum absolute atomic E-state index is 0.0543. The zero-order chi connectivity index (χ0) is 13.5. The van der Waals surface area contributed by atoms with Crippen LogP contribution in [-0.2, 0) is 0 Å². The monoisotopic (exact) mass is 305 g/mol. The van der Waals surface area contributed by atoms with E-state index in [1.54, 1.807) is 22.7 Å². The lowest BCUT2D eigenvalue weighted by Crippen LogP contribution is -2.30. The van der Waals surface area contributed by atoms with Crippen LogP contribution in [0.3, 0.4) is 0 Å². The van der Waals surface area contributed by atoms with Crippen LogP contribution in [0.2, 0.25) is 0 Å². The molecule has 1 saturated heterocycles. The standard InChI is InChI=1S/C12H11N5OS2/c18-11(9-6-7-3-5-19-12(7)20-9)17-4-1-2-8(17)10-13-15-16-14-10/h3,5-6,8H,1-2,4H2,(H,13,14,15,16)/t8-/m0/s1. The highest BCUT2D eigenvalue weighted by Gasteiger charge is 2.33. The second-order valence-electron chi connectivity index (χ2n) is 4.70. The molecule has 102 valence electrons. The highest BCUT2D eigenvalue weighted by atomic mass is 32.2. The Morgan fingerprint density at radius 3 is 3.25 bits per heavy atom. The zero-order valence-electron chi connectivity index (χ0n) is 10.4. The van der Waals surface area contributed by atoms with Crippen LogP contribution in [0, 0.1) is 0 Å². The SMILES string of the molecule is O=C(c1cc2ccsc2s1)N1CCC[C@H]1c1nn[nH]n1. The number of fused-ring (bicyclic) bond motifs is 1. The number of nitrogens with zero attached hydrogens (tertiary/aromatic N) is 4. The normalized spacial score (nSPS) is 19.0. The molecule has 1 aliphatic heterocycles. The summed E-state index contributed by atoms with van der Waals surface area (Å²) in [6, 6.07) is 3.97. The number of aromatic amines is 1. The van der Waals surface area contributed by atoms with Crippen molar-refractivity contribution < 1.29 is 4.79 Å². The summed E-state index contributed by atoms with van der Waals surface area (Å²) in [6.45, 7) is 0.754. The van der Waals surface area contributed by atoms with E-state index in [1.807, 2.05) is 22.4 Å². The summed E-state index contributed by atoms with van der Waals surface area (Å²) in [6.07, 6.45) is 1.87. The van der Waals surface area contributed by atoms with Crippen LogP contribution in [0.25, 0.3) is 9.40 Å². The molecule has 0 spiro atoms. The maximum atomic E-state index is 12.7. The summed E-state index contributed by atoms with van der Waals surface area (Å²) < 4.78 is 1.20. The van der Waals surface area contributed by atoms with Crippen molar-refractivity contribution in [1.29, 1.82) is 0 Å². The highest BCUT2D eigenvalue weighted by molar-refractivity contribution is 7.38. The first-order valence-corrected chi connectivity index (χ1v) is 8.04. The second-order valence-corrected chi connectivity index (χ2v) is 6.93. The summed E-state index contributed by atoms with van der Waals surface area (Å²) in [5.74, 6) is 0.680. The molecule has 0 unspecified atom stereocenters. The van der Waals surface area contributed by atoms with Crippen molar-refractivity contribution in [3.05, 3.63) is 28.2 Å². The zero-order valence-corrected chi connectivity index (χ0v) is 12.1. The third-order valence-electron chi connectivity index (χ3n) is 3.53. The van der Waals surface area contributed by atoms with Gasteiger partial charge in [0.15, 0.2) is 5.82 Å². The van der Waals surface area contributed by atoms with Crippen molar-refractivity contribution in [3.63, 3.8) is 0 Å². The smallest absolute Gasteiger partial charge is 0.264 e. The van der Waals surface area contributed by atoms with E-state index >= 15 is 0 Å². The molecule has 0 bridgehead atoms. The van der Waals surface area contributed by atoms with E-state index in [1.165, 1.54) is 4.01 Å². The van der Waals surface area contributed by atoms with E-state index in [-0.39, 0.29) is 11.9 Å². The van der Waals surface area contributed by atoms with Crippen LogP contribution >= 0.6 is 22.7 Å². The molecule has 4 rings (SSSR count). The largest absolute Gasteiger partial charge is 0.328 e. The molecular formula is C12H11N5OS2. The molecular weight excluding hydrogens is 294 g/mol. The topological polar surface area (TPSA) is 74.8 Å². The van der Waals surface area contributed by atoms with Gasteiger partial charge in [0, 0.05) is 11.9 Å². The van der Waals surface area contributed by atoms with E-state index < -0.39 is 0 Å². The molecule has 4 heterocycles. The van der Waals surface area contributed by atoms with Gasteiger partial charge in [-0.15, -0.1) is 32.9 Å². The number of nitrogens with one attached hydrogen (secondary N) is 1. The van der Waals surface area contributed by atoms with Gasteiger partial charge >= 0.3 is 0 Å². The van der Waals surface area contributed by atoms with Gasteiger partial charge in [-0.2, -0.15) is 5.21 Å². The Balaban J connectivity index is 1.65. The lowest BCUT2D eigenvalue weighted by molar-refractivity contribution is 0.0735. The maximum Gasteiger partial charge on any atom is 0.264 e. The average Bonchev–Trinajstić information content (AvgIpc) is 3.19. The van der Waals surface area contributed by atoms with Gasteiger partial charge in [-0.3, -0.25) is 4.79 Å². The van der Waals surface area contributed by atoms with Gasteiger partial charge in [0.2, 0.25) is 0 Å². The quantitative estimate of drug-likeness (QED) is 0.789. The van der Waals surface area contributed by atoms with E-state index in [0.29, 0.717) is 5.82 Å². The van der Waals surface area contributed by atoms with Crippen LogP contribution in [0.15, 0.2) is 17.5 Å². The molecule has 0 aromatic carbocycles. The van der Waals surface area contributed by atoms with Crippen molar-refractivity contribution in [1.82, 2.24) is 25.5 Å². The number of amides is 1. The molecule has 0 radical (unpaired) electrons. The Hall–Kier alpha value is -1.80. The molecule has 0 aliphatic carbocycles. The third kappa shape index (κ3) is 1.83. The number of thiophene rings is 2. The van der Waals surface area contributed by atoms with Gasteiger partial charge in [-0.1, -0.05) is 5.21 Å². The first kappa shape index (κ1) is 12.0. The number of aromatic nitrogens is 4. The Bertz CT molecular complexity index is 718. The van der Waals surface area contributed by atoms with E-state index in [2.05, 4.69) is 20.6 Å². The van der Waals surface area contributed by atoms with Crippen LogP contribution in [0.1, 0.15) is 34.4 Å². The van der Waals surface area contributed by atoms with Gasteiger partial charge in [0.25, 0.3) is 5.91 Å². The van der Waals surface area contributed by atoms with E-state index in [4.69, 9.17) is 0 Å². The van der Waals surface area contributed by atoms with Gasteiger partial charge < -0.3 is 4.90 Å². The lowest BCUT2D eigenvalue weighted by Gasteiger charge is -2.21. The van der Waals surface area contributed by atoms with Crippen LogP contribution in [0.4, 0.5) is 0 Å². The highest BCUT2D eigenvalue weighted by Crippen LogP contribution is 2.35. The molecule has 3 aromatic rings. The number of carbonyl (C=O) groups excluding carboxylic acids is 1. The number of tetrazole rings is 1. The van der Waals surface area contributed by atoms with Crippen LogP contribution in [0.5, 0.6) is 0 Å². The van der Waals surface area contributed by atoms with Crippen molar-refractivity contribution in [3.8, 4) is 0 Å². The molecule has 1 fully saturated rings. The first-order chi connectivity index (χ1) is 9.83. The molecule has 6 nitrogen and oxygen atoms in total. The number of likely N-dealkylation sites (tertiary alicyclic amines) is 1. The van der Waals surface area contributed by atoms with Gasteiger partial charge in [-0.05, 0) is 30.4 Å². The fraction of sp³-hybridized carbons (Fsp3) is 0.333. The van der Waals surface area contributed by atoms with Gasteiger partial charge in [-0.25, -0.2) is 0 Å². The molecule has 20 heavy (non-hydrogen) atoms. The average molecular weight is 305 g/mol. The van der Waals surface area contributed by atoms with Crippen LogP contribution < -0.4 is 0 Å². The van der Waals surface area contributed by atoms with Crippen molar-refractivity contribution >= 4 is 38.0 Å². The van der Waals surface area contributed by atoms with Crippen molar-refractivity contribution in [2.24, 2.45) is 0 Å². The Kier molecular flexibility index (Phi) is 2.78. The summed E-state index contributed by atoms with van der Waals surface area (Å²) >= 11 is 3.24. The maximum absolute atomic E-state index is 12.7. The predicted octanol–water partition coefficient (Wildman–Crippen LogP) is 2.45. The van der Waals surface area contributed by atoms with Gasteiger partial charge in [0.1, 0.15) is 0 Å². The Morgan fingerprint density at radius 2 is 2.45 bits per heavy atom. The van der Waals surface area contributed by atoms with Crippen LogP contribution in [-0.4, -0.2) is 38.0 Å². The minimum atomic E-state index is -0.0543. The van der Waals surface area contributed by atoms with Gasteiger partial charge in [0.05, 0.1) is 14.9 Å². The minimum Gasteiger partial charge on any atom is -0.328 e. The molecule has 8 heteroatoms. The predicted molar refractivity (Wildman–Crippen MR) is 76.9 cm³/mol. The molecule has 1 N–H and O–H groups in total. The third-order valence-corrected chi connectivity index (χ3v) is 5.73. The number of rotatable bonds is 2. The first-order valence-electron chi connectivity index (χ1n) is 6.34. The number of carbonyl (C=O) groups is 1. The Labute approximate surface area is 122 Å². The van der Waals surface area contributed by atoms with Crippen molar-refractivity contribution in [2.75, 3.05) is 6.54 Å². The van der Waals surface area contributed by atoms with E-state index in [9.17, 15) is 4.79 Å². The number of hydrogen-bond acceptors (Lipinski definition) is 6. The second kappa shape index (κ2) is 4.64. The molecule has 1 aliphatic rings. The van der Waals surface area contributed by atoms with Crippen molar-refractivity contribution in [2.45, 2.75) is 18.9 Å². The lowest BCUT2D eigenvalue weighted by atomic mass is 10.2. The molecule has 1 atom stereocenters. The fourth-order valence-corrected chi connectivity index (χ4v) is 4.67. The molecule has 0 saturated carbocycles. The fourth-order valence-electron chi connectivity index (χ4n) is 2.60. The van der Waals surface area contributed by atoms with E-state index in [0.717, 1.165) is 29.6 Å². The summed E-state index contributed by atoms with van der Waals surface area (Å²) in [7, 11) is 0. The number of hydrogen-bond donors (Lipinski definition) is 1. The Morgan fingerprint density at radius 1 is 1.50 bits per heavy atom. The summed E-state index contributed by atoms with van der Waals surface area (Å²) in [4.78, 5) is 15.3. The number of H-pyrrole nitrogens is 1.